The number of thiol groups is 1. The topological polar surface area (TPSA) is 49.8 Å². The first-order valence-corrected chi connectivity index (χ1v) is 6.97. The Hall–Kier alpha value is -1.04. The van der Waals surface area contributed by atoms with Gasteiger partial charge in [0.05, 0.1) is 24.9 Å². The third-order valence-corrected chi connectivity index (χ3v) is 3.70. The largest absolute Gasteiger partial charge is 0.394 e. The maximum Gasteiger partial charge on any atom is 0.254 e. The number of aliphatic hydroxyl groups excluding tert-OH is 1. The Labute approximate surface area is 118 Å². The smallest absolute Gasteiger partial charge is 0.254 e. The number of rotatable bonds is 4. The minimum atomic E-state index is 0.0335. The summed E-state index contributed by atoms with van der Waals surface area (Å²) in [4.78, 5) is 14.9. The molecule has 0 saturated carbocycles. The molecule has 4 nitrogen and oxygen atoms in total. The molecule has 1 heterocycles. The van der Waals surface area contributed by atoms with Crippen LogP contribution in [0.2, 0.25) is 0 Å². The minimum Gasteiger partial charge on any atom is -0.394 e. The zero-order chi connectivity index (χ0) is 13.7. The van der Waals surface area contributed by atoms with Crippen molar-refractivity contribution in [3.8, 4) is 0 Å². The van der Waals surface area contributed by atoms with E-state index >= 15 is 0 Å². The molecule has 0 bridgehead atoms. The van der Waals surface area contributed by atoms with Gasteiger partial charge in [-0.2, -0.15) is 0 Å². The van der Waals surface area contributed by atoms with E-state index in [2.05, 4.69) is 12.6 Å². The molecule has 1 aromatic carbocycles. The van der Waals surface area contributed by atoms with Gasteiger partial charge in [0.1, 0.15) is 0 Å². The number of ether oxygens (including phenoxy) is 1. The number of benzene rings is 1. The van der Waals surface area contributed by atoms with Crippen molar-refractivity contribution in [2.75, 3.05) is 26.3 Å². The van der Waals surface area contributed by atoms with Gasteiger partial charge in [-0.15, -0.1) is 12.6 Å². The Kier molecular flexibility index (Phi) is 5.24. The van der Waals surface area contributed by atoms with Gasteiger partial charge in [-0.3, -0.25) is 4.79 Å². The minimum absolute atomic E-state index is 0.0335. The zero-order valence-electron chi connectivity index (χ0n) is 10.8. The van der Waals surface area contributed by atoms with E-state index in [0.29, 0.717) is 30.2 Å². The SMILES string of the molecule is O=C(c1ccccc1S)N1CCC(OCCO)CC1. The molecule has 0 aromatic heterocycles. The van der Waals surface area contributed by atoms with Crippen LogP contribution < -0.4 is 0 Å². The number of hydrogen-bond donors (Lipinski definition) is 2. The van der Waals surface area contributed by atoms with Crippen LogP contribution in [-0.2, 0) is 4.74 Å². The van der Waals surface area contributed by atoms with E-state index in [-0.39, 0.29) is 18.6 Å². The molecular formula is C14H19NO3S. The van der Waals surface area contributed by atoms with Crippen molar-refractivity contribution in [3.63, 3.8) is 0 Å². The summed E-state index contributed by atoms with van der Waals surface area (Å²) in [5, 5.41) is 8.72. The summed E-state index contributed by atoms with van der Waals surface area (Å²) < 4.78 is 5.49. The van der Waals surface area contributed by atoms with Crippen molar-refractivity contribution in [2.24, 2.45) is 0 Å². The van der Waals surface area contributed by atoms with Crippen LogP contribution in [0.5, 0.6) is 0 Å². The Morgan fingerprint density at radius 1 is 1.37 bits per heavy atom. The average molecular weight is 281 g/mol. The normalized spacial score (nSPS) is 16.6. The third-order valence-electron chi connectivity index (χ3n) is 3.31. The Balaban J connectivity index is 1.91. The van der Waals surface area contributed by atoms with Crippen molar-refractivity contribution < 1.29 is 14.6 Å². The molecule has 0 spiro atoms. The standard InChI is InChI=1S/C14H19NO3S/c16-9-10-18-11-5-7-15(8-6-11)14(17)12-3-1-2-4-13(12)19/h1-4,11,16,19H,5-10H2. The maximum absolute atomic E-state index is 12.3. The fourth-order valence-corrected chi connectivity index (χ4v) is 2.53. The van der Waals surface area contributed by atoms with Crippen LogP contribution in [0.15, 0.2) is 29.2 Å². The van der Waals surface area contributed by atoms with Crippen LogP contribution in [-0.4, -0.2) is 48.3 Å². The van der Waals surface area contributed by atoms with Gasteiger partial charge >= 0.3 is 0 Å². The molecule has 1 fully saturated rings. The van der Waals surface area contributed by atoms with Gasteiger partial charge in [-0.1, -0.05) is 12.1 Å². The van der Waals surface area contributed by atoms with Gasteiger partial charge in [-0.05, 0) is 25.0 Å². The fourth-order valence-electron chi connectivity index (χ4n) is 2.27. The van der Waals surface area contributed by atoms with E-state index in [1.54, 1.807) is 6.07 Å². The monoisotopic (exact) mass is 281 g/mol. The van der Waals surface area contributed by atoms with Crippen LogP contribution in [0, 0.1) is 0 Å². The quantitative estimate of drug-likeness (QED) is 0.824. The van der Waals surface area contributed by atoms with E-state index < -0.39 is 0 Å². The summed E-state index contributed by atoms with van der Waals surface area (Å²) in [5.74, 6) is 0.0335. The maximum atomic E-state index is 12.3. The number of hydrogen-bond acceptors (Lipinski definition) is 4. The lowest BCUT2D eigenvalue weighted by Gasteiger charge is -2.32. The zero-order valence-corrected chi connectivity index (χ0v) is 11.7. The summed E-state index contributed by atoms with van der Waals surface area (Å²) in [6.07, 6.45) is 1.79. The number of carbonyl (C=O) groups is 1. The van der Waals surface area contributed by atoms with E-state index in [0.717, 1.165) is 12.8 Å². The molecule has 1 N–H and O–H groups in total. The number of carbonyl (C=O) groups excluding carboxylic acids is 1. The Morgan fingerprint density at radius 3 is 2.68 bits per heavy atom. The molecule has 104 valence electrons. The van der Waals surface area contributed by atoms with Gasteiger partial charge in [0, 0.05) is 18.0 Å². The summed E-state index contributed by atoms with van der Waals surface area (Å²) >= 11 is 4.32. The summed E-state index contributed by atoms with van der Waals surface area (Å²) in [5.41, 5.74) is 0.653. The highest BCUT2D eigenvalue weighted by Gasteiger charge is 2.24. The lowest BCUT2D eigenvalue weighted by molar-refractivity contribution is -0.00560. The lowest BCUT2D eigenvalue weighted by atomic mass is 10.1. The molecule has 5 heteroatoms. The van der Waals surface area contributed by atoms with Gasteiger partial charge in [-0.25, -0.2) is 0 Å². The second-order valence-electron chi connectivity index (χ2n) is 4.60. The Morgan fingerprint density at radius 2 is 2.05 bits per heavy atom. The molecule has 0 atom stereocenters. The highest BCUT2D eigenvalue weighted by molar-refractivity contribution is 7.80. The molecule has 0 unspecified atom stereocenters. The Bertz CT molecular complexity index is 430. The molecule has 1 aliphatic rings. The van der Waals surface area contributed by atoms with E-state index in [1.807, 2.05) is 23.1 Å². The number of amides is 1. The first kappa shape index (κ1) is 14.4. The fraction of sp³-hybridized carbons (Fsp3) is 0.500. The second-order valence-corrected chi connectivity index (χ2v) is 5.08. The van der Waals surface area contributed by atoms with E-state index in [9.17, 15) is 4.79 Å². The van der Waals surface area contributed by atoms with Crippen LogP contribution in [0.1, 0.15) is 23.2 Å². The third kappa shape index (κ3) is 3.72. The van der Waals surface area contributed by atoms with Crippen molar-refractivity contribution in [1.29, 1.82) is 0 Å². The highest BCUT2D eigenvalue weighted by atomic mass is 32.1. The van der Waals surface area contributed by atoms with Gasteiger partial charge < -0.3 is 14.7 Å². The average Bonchev–Trinajstić information content (AvgIpc) is 2.45. The van der Waals surface area contributed by atoms with Crippen molar-refractivity contribution in [2.45, 2.75) is 23.8 Å². The highest BCUT2D eigenvalue weighted by Crippen LogP contribution is 2.19. The van der Waals surface area contributed by atoms with E-state index in [4.69, 9.17) is 9.84 Å². The first-order chi connectivity index (χ1) is 9.22. The summed E-state index contributed by atoms with van der Waals surface area (Å²) in [6.45, 7) is 1.80. The van der Waals surface area contributed by atoms with Gasteiger partial charge in [0.15, 0.2) is 0 Å². The van der Waals surface area contributed by atoms with Crippen LogP contribution in [0.25, 0.3) is 0 Å². The molecular weight excluding hydrogens is 262 g/mol. The molecule has 0 radical (unpaired) electrons. The summed E-state index contributed by atoms with van der Waals surface area (Å²) in [7, 11) is 0. The predicted molar refractivity (Wildman–Crippen MR) is 75.7 cm³/mol. The van der Waals surface area contributed by atoms with Crippen LogP contribution in [0.4, 0.5) is 0 Å². The molecule has 1 amide bonds. The number of piperidine rings is 1. The van der Waals surface area contributed by atoms with Crippen LogP contribution >= 0.6 is 12.6 Å². The molecule has 1 aromatic rings. The molecule has 2 rings (SSSR count). The molecule has 1 saturated heterocycles. The van der Waals surface area contributed by atoms with Gasteiger partial charge in [0.2, 0.25) is 0 Å². The van der Waals surface area contributed by atoms with Crippen molar-refractivity contribution in [3.05, 3.63) is 29.8 Å². The molecule has 1 aliphatic heterocycles. The predicted octanol–water partition coefficient (Wildman–Crippen LogP) is 1.59. The number of aliphatic hydroxyl groups is 1. The van der Waals surface area contributed by atoms with Crippen molar-refractivity contribution in [1.82, 2.24) is 4.90 Å². The number of nitrogens with zero attached hydrogens (tertiary/aromatic N) is 1. The first-order valence-electron chi connectivity index (χ1n) is 6.52. The second kappa shape index (κ2) is 6.93. The molecule has 19 heavy (non-hydrogen) atoms. The van der Waals surface area contributed by atoms with Crippen molar-refractivity contribution >= 4 is 18.5 Å². The molecule has 0 aliphatic carbocycles. The van der Waals surface area contributed by atoms with E-state index in [1.165, 1.54) is 0 Å². The van der Waals surface area contributed by atoms with Gasteiger partial charge in [0.25, 0.3) is 5.91 Å². The van der Waals surface area contributed by atoms with Crippen LogP contribution in [0.3, 0.4) is 0 Å². The number of likely N-dealkylation sites (tertiary alicyclic amines) is 1. The lowest BCUT2D eigenvalue weighted by Crippen LogP contribution is -2.41. The summed E-state index contributed by atoms with van der Waals surface area (Å²) in [6, 6.07) is 7.35.